The van der Waals surface area contributed by atoms with Gasteiger partial charge in [0.25, 0.3) is 10.0 Å². The number of aryl methyl sites for hydroxylation is 2. The van der Waals surface area contributed by atoms with Gasteiger partial charge in [-0.15, -0.1) is 0 Å². The maximum atomic E-state index is 14.1. The number of anilines is 1. The zero-order chi connectivity index (χ0) is 31.2. The normalized spacial score (nSPS) is 12.6. The van der Waals surface area contributed by atoms with Crippen molar-refractivity contribution in [2.24, 2.45) is 0 Å². The zero-order valence-electron chi connectivity index (χ0n) is 24.3. The van der Waals surface area contributed by atoms with E-state index in [1.165, 1.54) is 23.1 Å². The molecule has 11 heteroatoms. The van der Waals surface area contributed by atoms with Crippen molar-refractivity contribution in [3.63, 3.8) is 0 Å². The number of halogens is 3. The Morgan fingerprint density at radius 1 is 0.929 bits per heavy atom. The van der Waals surface area contributed by atoms with Crippen LogP contribution < -0.4 is 9.62 Å². The predicted molar refractivity (Wildman–Crippen MR) is 156 cm³/mol. The number of carbonyl (C=O) groups excluding carboxylic acids is 2. The lowest BCUT2D eigenvalue weighted by atomic mass is 10.1. The molecule has 0 aliphatic rings. The van der Waals surface area contributed by atoms with Crippen LogP contribution in [0, 0.1) is 13.8 Å². The highest BCUT2D eigenvalue weighted by Gasteiger charge is 2.36. The minimum Gasteiger partial charge on any atom is -0.352 e. The molecule has 1 unspecified atom stereocenters. The summed E-state index contributed by atoms with van der Waals surface area (Å²) in [6.07, 6.45) is -4.51. The lowest BCUT2D eigenvalue weighted by Gasteiger charge is -2.34. The van der Waals surface area contributed by atoms with Gasteiger partial charge >= 0.3 is 6.18 Å². The Balaban J connectivity index is 2.14. The monoisotopic (exact) mass is 603 g/mol. The Bertz CT molecular complexity index is 1510. The molecule has 7 nitrogen and oxygen atoms in total. The third-order valence-corrected chi connectivity index (χ3v) is 8.56. The van der Waals surface area contributed by atoms with Gasteiger partial charge in [-0.05, 0) is 75.6 Å². The Labute approximate surface area is 245 Å². The molecule has 0 radical (unpaired) electrons. The Morgan fingerprint density at radius 3 is 2.14 bits per heavy atom. The average Bonchev–Trinajstić information content (AvgIpc) is 2.92. The van der Waals surface area contributed by atoms with Crippen molar-refractivity contribution in [3.05, 3.63) is 95.1 Å². The van der Waals surface area contributed by atoms with E-state index >= 15 is 0 Å². The van der Waals surface area contributed by atoms with Crippen molar-refractivity contribution < 1.29 is 31.2 Å². The van der Waals surface area contributed by atoms with Crippen LogP contribution in [0.15, 0.2) is 77.7 Å². The van der Waals surface area contributed by atoms with E-state index in [-0.39, 0.29) is 29.6 Å². The minimum atomic E-state index is -4.74. The van der Waals surface area contributed by atoms with Crippen LogP contribution in [0.4, 0.5) is 18.9 Å². The topological polar surface area (TPSA) is 86.8 Å². The van der Waals surface area contributed by atoms with E-state index in [0.29, 0.717) is 10.4 Å². The highest BCUT2D eigenvalue weighted by molar-refractivity contribution is 7.92. The second kappa shape index (κ2) is 13.4. The summed E-state index contributed by atoms with van der Waals surface area (Å²) in [4.78, 5) is 28.4. The molecule has 0 heterocycles. The average molecular weight is 604 g/mol. The van der Waals surface area contributed by atoms with E-state index in [1.807, 2.05) is 19.1 Å². The maximum Gasteiger partial charge on any atom is 0.416 e. The maximum absolute atomic E-state index is 14.1. The first-order valence-electron chi connectivity index (χ1n) is 13.6. The van der Waals surface area contributed by atoms with Crippen LogP contribution in [0.5, 0.6) is 0 Å². The number of hydrogen-bond acceptors (Lipinski definition) is 4. The van der Waals surface area contributed by atoms with Crippen molar-refractivity contribution >= 4 is 27.5 Å². The summed E-state index contributed by atoms with van der Waals surface area (Å²) in [5.74, 6) is -1.15. The summed E-state index contributed by atoms with van der Waals surface area (Å²) in [5, 5.41) is 2.81. The van der Waals surface area contributed by atoms with Crippen molar-refractivity contribution in [2.75, 3.05) is 10.8 Å². The van der Waals surface area contributed by atoms with Gasteiger partial charge in [-0.25, -0.2) is 8.42 Å². The number of nitrogens with zero attached hydrogens (tertiary/aromatic N) is 2. The van der Waals surface area contributed by atoms with Gasteiger partial charge in [0.05, 0.1) is 16.1 Å². The molecule has 0 fully saturated rings. The lowest BCUT2D eigenvalue weighted by Crippen LogP contribution is -2.53. The van der Waals surface area contributed by atoms with Gasteiger partial charge in [0.15, 0.2) is 0 Å². The second-order valence-corrected chi connectivity index (χ2v) is 12.3. The molecule has 2 amide bonds. The molecule has 1 atom stereocenters. The van der Waals surface area contributed by atoms with Gasteiger partial charge in [0.2, 0.25) is 11.8 Å². The molecule has 0 spiro atoms. The van der Waals surface area contributed by atoms with E-state index in [9.17, 15) is 31.2 Å². The third-order valence-electron chi connectivity index (χ3n) is 6.77. The lowest BCUT2D eigenvalue weighted by molar-refractivity contribution is -0.140. The molecule has 3 aromatic carbocycles. The number of sulfonamides is 1. The molecule has 42 heavy (non-hydrogen) atoms. The van der Waals surface area contributed by atoms with Crippen molar-refractivity contribution in [2.45, 2.75) is 70.7 Å². The Morgan fingerprint density at radius 2 is 1.57 bits per heavy atom. The standard InChI is InChI=1S/C31H36F3N3O4S/c1-6-28(30(39)35-21(2)3)36(19-24-11-8-7-10-23(24)5)29(38)20-37(26-13-9-12-25(18-26)31(32,33)34)42(40,41)27-16-14-22(4)15-17-27/h7-18,21,28H,6,19-20H2,1-5H3,(H,35,39). The number of nitrogens with one attached hydrogen (secondary N) is 1. The summed E-state index contributed by atoms with van der Waals surface area (Å²) in [6, 6.07) is 15.7. The third kappa shape index (κ3) is 7.90. The molecule has 3 rings (SSSR count). The van der Waals surface area contributed by atoms with Crippen molar-refractivity contribution in [1.82, 2.24) is 10.2 Å². The number of benzene rings is 3. The first kappa shape index (κ1) is 32.7. The van der Waals surface area contributed by atoms with Gasteiger partial charge in [-0.1, -0.05) is 55.0 Å². The minimum absolute atomic E-state index is 0.00343. The van der Waals surface area contributed by atoms with Crippen LogP contribution in [0.1, 0.15) is 49.4 Å². The summed E-state index contributed by atoms with van der Waals surface area (Å²) < 4.78 is 69.3. The van der Waals surface area contributed by atoms with Gasteiger partial charge < -0.3 is 10.2 Å². The molecular formula is C31H36F3N3O4S. The van der Waals surface area contributed by atoms with E-state index in [0.717, 1.165) is 28.8 Å². The molecule has 1 N–H and O–H groups in total. The van der Waals surface area contributed by atoms with Crippen LogP contribution in [0.3, 0.4) is 0 Å². The fourth-order valence-corrected chi connectivity index (χ4v) is 5.88. The predicted octanol–water partition coefficient (Wildman–Crippen LogP) is 5.85. The molecule has 3 aromatic rings. The SMILES string of the molecule is CCC(C(=O)NC(C)C)N(Cc1ccccc1C)C(=O)CN(c1cccc(C(F)(F)F)c1)S(=O)(=O)c1ccc(C)cc1. The van der Waals surface area contributed by atoms with Gasteiger partial charge in [-0.2, -0.15) is 13.2 Å². The first-order chi connectivity index (χ1) is 19.6. The van der Waals surface area contributed by atoms with Crippen molar-refractivity contribution in [3.8, 4) is 0 Å². The van der Waals surface area contributed by atoms with Gasteiger partial charge in [0, 0.05) is 12.6 Å². The smallest absolute Gasteiger partial charge is 0.352 e. The molecule has 0 aliphatic heterocycles. The molecule has 0 saturated heterocycles. The van der Waals surface area contributed by atoms with E-state index in [2.05, 4.69) is 5.32 Å². The second-order valence-electron chi connectivity index (χ2n) is 10.4. The van der Waals surface area contributed by atoms with E-state index in [4.69, 9.17) is 0 Å². The molecule has 0 saturated carbocycles. The van der Waals surface area contributed by atoms with Gasteiger partial charge in [0.1, 0.15) is 12.6 Å². The van der Waals surface area contributed by atoms with Crippen LogP contribution in [0.2, 0.25) is 0 Å². The Hall–Kier alpha value is -3.86. The number of hydrogen-bond donors (Lipinski definition) is 1. The number of carbonyl (C=O) groups is 2. The zero-order valence-corrected chi connectivity index (χ0v) is 25.1. The van der Waals surface area contributed by atoms with E-state index in [1.54, 1.807) is 52.0 Å². The largest absolute Gasteiger partial charge is 0.416 e. The fraction of sp³-hybridized carbons (Fsp3) is 0.355. The van der Waals surface area contributed by atoms with Crippen LogP contribution >= 0.6 is 0 Å². The number of alkyl halides is 3. The molecule has 0 aliphatic carbocycles. The molecule has 0 bridgehead atoms. The Kier molecular flexibility index (Phi) is 10.4. The van der Waals surface area contributed by atoms with E-state index < -0.39 is 46.2 Å². The highest BCUT2D eigenvalue weighted by atomic mass is 32.2. The number of amides is 2. The van der Waals surface area contributed by atoms with Crippen LogP contribution in [-0.4, -0.2) is 43.8 Å². The summed E-state index contributed by atoms with van der Waals surface area (Å²) in [7, 11) is -4.50. The van der Waals surface area contributed by atoms with Crippen LogP contribution in [0.25, 0.3) is 0 Å². The highest BCUT2D eigenvalue weighted by Crippen LogP contribution is 2.33. The molecule has 226 valence electrons. The summed E-state index contributed by atoms with van der Waals surface area (Å²) in [5.41, 5.74) is 0.998. The molecule has 0 aromatic heterocycles. The molecular weight excluding hydrogens is 567 g/mol. The first-order valence-corrected chi connectivity index (χ1v) is 15.0. The van der Waals surface area contributed by atoms with Crippen LogP contribution in [-0.2, 0) is 32.3 Å². The quantitative estimate of drug-likeness (QED) is 0.298. The summed E-state index contributed by atoms with van der Waals surface area (Å²) >= 11 is 0. The summed E-state index contributed by atoms with van der Waals surface area (Å²) in [6.45, 7) is 8.08. The fourth-order valence-electron chi connectivity index (χ4n) is 4.47. The number of rotatable bonds is 11. The van der Waals surface area contributed by atoms with Gasteiger partial charge in [-0.3, -0.25) is 13.9 Å². The van der Waals surface area contributed by atoms with Crippen molar-refractivity contribution in [1.29, 1.82) is 0 Å².